The van der Waals surface area contributed by atoms with E-state index in [1.54, 1.807) is 0 Å². The Bertz CT molecular complexity index is 628. The highest BCUT2D eigenvalue weighted by molar-refractivity contribution is 6.32. The molecular weight excluding hydrogens is 274 g/mol. The molecule has 1 amide bonds. The first-order valence-corrected chi connectivity index (χ1v) is 6.89. The number of hydrogen-bond donors (Lipinski definition) is 1. The second kappa shape index (κ2) is 5.55. The van der Waals surface area contributed by atoms with E-state index >= 15 is 0 Å². The molecule has 0 unspecified atom stereocenters. The predicted octanol–water partition coefficient (Wildman–Crippen LogP) is 3.74. The van der Waals surface area contributed by atoms with E-state index in [1.165, 1.54) is 0 Å². The first kappa shape index (κ1) is 13.0. The maximum absolute atomic E-state index is 11.3. The summed E-state index contributed by atoms with van der Waals surface area (Å²) in [6.45, 7) is 0.672. The topological polar surface area (TPSA) is 38.3 Å². The predicted molar refractivity (Wildman–Crippen MR) is 78.3 cm³/mol. The molecule has 4 heteroatoms. The minimum absolute atomic E-state index is 0.0930. The van der Waals surface area contributed by atoms with Crippen LogP contribution in [0.4, 0.5) is 0 Å². The molecule has 102 valence electrons. The van der Waals surface area contributed by atoms with Crippen molar-refractivity contribution in [3.05, 3.63) is 59.1 Å². The van der Waals surface area contributed by atoms with Crippen molar-refractivity contribution >= 4 is 17.5 Å². The van der Waals surface area contributed by atoms with Crippen LogP contribution in [-0.2, 0) is 4.79 Å². The Morgan fingerprint density at radius 3 is 2.65 bits per heavy atom. The maximum Gasteiger partial charge on any atom is 0.220 e. The SMILES string of the molecule is O=C1C[C@H](c2ccc(Cl)c(Oc3ccccc3)c2)CN1. The van der Waals surface area contributed by atoms with Crippen molar-refractivity contribution in [1.29, 1.82) is 0 Å². The van der Waals surface area contributed by atoms with Gasteiger partial charge in [-0.05, 0) is 29.8 Å². The fourth-order valence-electron chi connectivity index (χ4n) is 2.31. The van der Waals surface area contributed by atoms with E-state index in [1.807, 2.05) is 48.5 Å². The lowest BCUT2D eigenvalue weighted by atomic mass is 9.98. The van der Waals surface area contributed by atoms with Gasteiger partial charge in [-0.1, -0.05) is 35.9 Å². The van der Waals surface area contributed by atoms with Crippen molar-refractivity contribution in [2.45, 2.75) is 12.3 Å². The summed E-state index contributed by atoms with van der Waals surface area (Å²) in [5.41, 5.74) is 1.07. The van der Waals surface area contributed by atoms with Crippen LogP contribution in [0.1, 0.15) is 17.9 Å². The number of amides is 1. The van der Waals surface area contributed by atoms with Crippen LogP contribution in [0.25, 0.3) is 0 Å². The molecule has 0 radical (unpaired) electrons. The lowest BCUT2D eigenvalue weighted by molar-refractivity contribution is -0.119. The van der Waals surface area contributed by atoms with Gasteiger partial charge in [-0.15, -0.1) is 0 Å². The number of nitrogens with one attached hydrogen (secondary N) is 1. The molecule has 2 aromatic rings. The van der Waals surface area contributed by atoms with Crippen LogP contribution < -0.4 is 10.1 Å². The van der Waals surface area contributed by atoms with Crippen molar-refractivity contribution in [2.75, 3.05) is 6.54 Å². The first-order valence-electron chi connectivity index (χ1n) is 6.51. The monoisotopic (exact) mass is 287 g/mol. The molecule has 0 saturated carbocycles. The average molecular weight is 288 g/mol. The summed E-state index contributed by atoms with van der Waals surface area (Å²) < 4.78 is 5.80. The van der Waals surface area contributed by atoms with Gasteiger partial charge in [0.1, 0.15) is 11.5 Å². The smallest absolute Gasteiger partial charge is 0.220 e. The Morgan fingerprint density at radius 1 is 1.15 bits per heavy atom. The quantitative estimate of drug-likeness (QED) is 0.934. The standard InChI is InChI=1S/C16H14ClNO2/c17-14-7-6-11(12-9-16(19)18-10-12)8-15(14)20-13-4-2-1-3-5-13/h1-8,12H,9-10H2,(H,18,19)/t12-/m0/s1. The molecule has 3 rings (SSSR count). The lowest BCUT2D eigenvalue weighted by Gasteiger charge is -2.12. The minimum Gasteiger partial charge on any atom is -0.456 e. The van der Waals surface area contributed by atoms with Gasteiger partial charge in [-0.25, -0.2) is 0 Å². The van der Waals surface area contributed by atoms with Crippen LogP contribution in [0.3, 0.4) is 0 Å². The third-order valence-corrected chi connectivity index (χ3v) is 3.69. The average Bonchev–Trinajstić information content (AvgIpc) is 2.89. The van der Waals surface area contributed by atoms with Crippen LogP contribution in [0.5, 0.6) is 11.5 Å². The number of para-hydroxylation sites is 1. The molecule has 0 aliphatic carbocycles. The van der Waals surface area contributed by atoms with E-state index in [-0.39, 0.29) is 11.8 Å². The zero-order chi connectivity index (χ0) is 13.9. The Morgan fingerprint density at radius 2 is 1.95 bits per heavy atom. The second-order valence-electron chi connectivity index (χ2n) is 4.81. The van der Waals surface area contributed by atoms with Crippen LogP contribution in [0, 0.1) is 0 Å². The number of carbonyl (C=O) groups excluding carboxylic acids is 1. The van der Waals surface area contributed by atoms with Gasteiger partial charge in [0.2, 0.25) is 5.91 Å². The van der Waals surface area contributed by atoms with Gasteiger partial charge < -0.3 is 10.1 Å². The largest absolute Gasteiger partial charge is 0.456 e. The van der Waals surface area contributed by atoms with E-state index < -0.39 is 0 Å². The van der Waals surface area contributed by atoms with E-state index in [9.17, 15) is 4.79 Å². The van der Waals surface area contributed by atoms with Gasteiger partial charge in [0.05, 0.1) is 5.02 Å². The number of carbonyl (C=O) groups is 1. The highest BCUT2D eigenvalue weighted by Gasteiger charge is 2.23. The van der Waals surface area contributed by atoms with Gasteiger partial charge in [-0.3, -0.25) is 4.79 Å². The molecule has 1 fully saturated rings. The van der Waals surface area contributed by atoms with Gasteiger partial charge in [0.25, 0.3) is 0 Å². The first-order chi connectivity index (χ1) is 9.72. The summed E-state index contributed by atoms with van der Waals surface area (Å²) in [4.78, 5) is 11.3. The maximum atomic E-state index is 11.3. The molecule has 1 aliphatic rings. The van der Waals surface area contributed by atoms with E-state index in [0.29, 0.717) is 23.7 Å². The highest BCUT2D eigenvalue weighted by Crippen LogP contribution is 2.34. The second-order valence-corrected chi connectivity index (χ2v) is 5.22. The Labute approximate surface area is 122 Å². The molecule has 1 saturated heterocycles. The molecule has 1 aliphatic heterocycles. The summed E-state index contributed by atoms with van der Waals surface area (Å²) in [5.74, 6) is 1.65. The Hall–Kier alpha value is -2.00. The fourth-order valence-corrected chi connectivity index (χ4v) is 2.46. The molecule has 1 N–H and O–H groups in total. The normalized spacial score (nSPS) is 17.9. The summed E-state index contributed by atoms with van der Waals surface area (Å²) >= 11 is 6.17. The van der Waals surface area contributed by atoms with Gasteiger partial charge in [0, 0.05) is 18.9 Å². The van der Waals surface area contributed by atoms with Crippen molar-refractivity contribution in [3.63, 3.8) is 0 Å². The zero-order valence-electron chi connectivity index (χ0n) is 10.8. The summed E-state index contributed by atoms with van der Waals surface area (Å²) in [6.07, 6.45) is 0.520. The van der Waals surface area contributed by atoms with Crippen LogP contribution in [0.2, 0.25) is 5.02 Å². The third-order valence-electron chi connectivity index (χ3n) is 3.38. The molecular formula is C16H14ClNO2. The summed E-state index contributed by atoms with van der Waals surface area (Å²) in [6, 6.07) is 15.2. The molecule has 0 bridgehead atoms. The third kappa shape index (κ3) is 2.78. The van der Waals surface area contributed by atoms with Gasteiger partial charge in [0.15, 0.2) is 0 Å². The highest BCUT2D eigenvalue weighted by atomic mass is 35.5. The lowest BCUT2D eigenvalue weighted by Crippen LogP contribution is -2.13. The molecule has 1 heterocycles. The number of benzene rings is 2. The van der Waals surface area contributed by atoms with Crippen LogP contribution in [-0.4, -0.2) is 12.5 Å². The van der Waals surface area contributed by atoms with Crippen molar-refractivity contribution in [2.24, 2.45) is 0 Å². The molecule has 2 aromatic carbocycles. The van der Waals surface area contributed by atoms with E-state index in [0.717, 1.165) is 11.3 Å². The number of halogens is 1. The summed E-state index contributed by atoms with van der Waals surface area (Å²) in [5, 5.41) is 3.40. The van der Waals surface area contributed by atoms with Gasteiger partial charge in [-0.2, -0.15) is 0 Å². The number of ether oxygens (including phenoxy) is 1. The van der Waals surface area contributed by atoms with Crippen LogP contribution >= 0.6 is 11.6 Å². The van der Waals surface area contributed by atoms with E-state index in [2.05, 4.69) is 5.32 Å². The molecule has 0 spiro atoms. The molecule has 20 heavy (non-hydrogen) atoms. The van der Waals surface area contributed by atoms with Crippen LogP contribution in [0.15, 0.2) is 48.5 Å². The molecule has 3 nitrogen and oxygen atoms in total. The van der Waals surface area contributed by atoms with E-state index in [4.69, 9.17) is 16.3 Å². The Kier molecular flexibility index (Phi) is 3.61. The summed E-state index contributed by atoms with van der Waals surface area (Å²) in [7, 11) is 0. The minimum atomic E-state index is 0.0930. The number of rotatable bonds is 3. The molecule has 0 aromatic heterocycles. The van der Waals surface area contributed by atoms with Crippen molar-refractivity contribution < 1.29 is 9.53 Å². The van der Waals surface area contributed by atoms with Crippen molar-refractivity contribution in [3.8, 4) is 11.5 Å². The van der Waals surface area contributed by atoms with Crippen molar-refractivity contribution in [1.82, 2.24) is 5.32 Å². The molecule has 1 atom stereocenters. The van der Waals surface area contributed by atoms with Gasteiger partial charge >= 0.3 is 0 Å². The fraction of sp³-hybridized carbons (Fsp3) is 0.188. The number of hydrogen-bond acceptors (Lipinski definition) is 2. The zero-order valence-corrected chi connectivity index (χ0v) is 11.6. The Balaban J connectivity index is 1.85.